The van der Waals surface area contributed by atoms with Crippen LogP contribution in [-0.2, 0) is 4.79 Å². The number of amides is 1. The molecular formula is C9H20N2O. The molecule has 0 heterocycles. The van der Waals surface area contributed by atoms with Gasteiger partial charge in [0.2, 0.25) is 5.91 Å². The number of rotatable bonds is 6. The van der Waals surface area contributed by atoms with Gasteiger partial charge < -0.3 is 11.1 Å². The lowest BCUT2D eigenvalue weighted by Gasteiger charge is -2.06. The van der Waals surface area contributed by atoms with E-state index < -0.39 is 0 Å². The normalized spacial score (nSPS) is 10.3. The molecule has 0 aromatic heterocycles. The standard InChI is InChI=1S/C9H20N2O/c1-8(2)7-11-9(12)5-3-4-6-10/h8H,3-7,10H2,1-2H3,(H,11,12). The second-order valence-corrected chi connectivity index (χ2v) is 3.44. The Hall–Kier alpha value is -0.570. The van der Waals surface area contributed by atoms with Crippen molar-refractivity contribution in [1.82, 2.24) is 5.32 Å². The molecule has 1 amide bonds. The van der Waals surface area contributed by atoms with E-state index in [-0.39, 0.29) is 5.91 Å². The summed E-state index contributed by atoms with van der Waals surface area (Å²) in [5.74, 6) is 0.681. The van der Waals surface area contributed by atoms with Crippen molar-refractivity contribution in [3.8, 4) is 0 Å². The summed E-state index contributed by atoms with van der Waals surface area (Å²) in [7, 11) is 0. The largest absolute Gasteiger partial charge is 0.356 e. The third-order valence-corrected chi connectivity index (χ3v) is 1.57. The average Bonchev–Trinajstić information content (AvgIpc) is 2.01. The molecule has 0 spiro atoms. The van der Waals surface area contributed by atoms with E-state index in [1.54, 1.807) is 0 Å². The second-order valence-electron chi connectivity index (χ2n) is 3.44. The first-order valence-corrected chi connectivity index (χ1v) is 4.63. The van der Waals surface area contributed by atoms with Crippen LogP contribution in [0.3, 0.4) is 0 Å². The van der Waals surface area contributed by atoms with E-state index in [1.807, 2.05) is 0 Å². The van der Waals surface area contributed by atoms with Gasteiger partial charge in [0.15, 0.2) is 0 Å². The molecule has 12 heavy (non-hydrogen) atoms. The van der Waals surface area contributed by atoms with E-state index in [1.165, 1.54) is 0 Å². The highest BCUT2D eigenvalue weighted by Crippen LogP contribution is 1.94. The molecule has 0 saturated carbocycles. The van der Waals surface area contributed by atoms with Gasteiger partial charge in [-0.05, 0) is 25.3 Å². The summed E-state index contributed by atoms with van der Waals surface area (Å²) in [5, 5.41) is 2.86. The first-order valence-electron chi connectivity index (χ1n) is 4.63. The van der Waals surface area contributed by atoms with Crippen LogP contribution >= 0.6 is 0 Å². The van der Waals surface area contributed by atoms with Gasteiger partial charge in [-0.1, -0.05) is 13.8 Å². The molecule has 0 aliphatic rings. The summed E-state index contributed by atoms with van der Waals surface area (Å²) in [4.78, 5) is 11.1. The minimum absolute atomic E-state index is 0.150. The molecule has 0 bridgehead atoms. The monoisotopic (exact) mass is 172 g/mol. The lowest BCUT2D eigenvalue weighted by atomic mass is 10.2. The quantitative estimate of drug-likeness (QED) is 0.584. The van der Waals surface area contributed by atoms with Crippen molar-refractivity contribution in [3.63, 3.8) is 0 Å². The Morgan fingerprint density at radius 1 is 1.42 bits per heavy atom. The highest BCUT2D eigenvalue weighted by Gasteiger charge is 2.00. The Bertz CT molecular complexity index is 124. The minimum Gasteiger partial charge on any atom is -0.356 e. The van der Waals surface area contributed by atoms with Gasteiger partial charge >= 0.3 is 0 Å². The highest BCUT2D eigenvalue weighted by atomic mass is 16.1. The average molecular weight is 172 g/mol. The summed E-state index contributed by atoms with van der Waals surface area (Å²) in [6.45, 7) is 5.62. The maximum atomic E-state index is 11.1. The number of nitrogens with two attached hydrogens (primary N) is 1. The summed E-state index contributed by atoms with van der Waals surface area (Å²) in [5.41, 5.74) is 5.31. The molecule has 3 heteroatoms. The minimum atomic E-state index is 0.150. The molecule has 72 valence electrons. The first kappa shape index (κ1) is 11.4. The van der Waals surface area contributed by atoms with Crippen LogP contribution < -0.4 is 11.1 Å². The predicted octanol–water partition coefficient (Wildman–Crippen LogP) is 0.888. The summed E-state index contributed by atoms with van der Waals surface area (Å²) in [6.07, 6.45) is 2.46. The van der Waals surface area contributed by atoms with E-state index in [0.29, 0.717) is 18.9 Å². The van der Waals surface area contributed by atoms with E-state index in [2.05, 4.69) is 19.2 Å². The maximum Gasteiger partial charge on any atom is 0.220 e. The van der Waals surface area contributed by atoms with Crippen LogP contribution in [0, 0.1) is 5.92 Å². The number of nitrogens with one attached hydrogen (secondary N) is 1. The number of hydrogen-bond acceptors (Lipinski definition) is 2. The van der Waals surface area contributed by atoms with Gasteiger partial charge in [0.05, 0.1) is 0 Å². The third kappa shape index (κ3) is 7.54. The Morgan fingerprint density at radius 3 is 2.58 bits per heavy atom. The molecule has 3 nitrogen and oxygen atoms in total. The zero-order chi connectivity index (χ0) is 9.40. The van der Waals surface area contributed by atoms with E-state index in [0.717, 1.165) is 19.4 Å². The van der Waals surface area contributed by atoms with Crippen LogP contribution in [0.5, 0.6) is 0 Å². The number of carbonyl (C=O) groups is 1. The van der Waals surface area contributed by atoms with Gasteiger partial charge in [0, 0.05) is 13.0 Å². The Labute approximate surface area is 74.7 Å². The molecule has 0 radical (unpaired) electrons. The molecule has 0 aromatic carbocycles. The molecule has 0 aliphatic heterocycles. The zero-order valence-electron chi connectivity index (χ0n) is 8.10. The van der Waals surface area contributed by atoms with Crippen molar-refractivity contribution >= 4 is 5.91 Å². The topological polar surface area (TPSA) is 55.1 Å². The second kappa shape index (κ2) is 7.10. The first-order chi connectivity index (χ1) is 5.66. The van der Waals surface area contributed by atoms with Crippen molar-refractivity contribution in [2.75, 3.05) is 13.1 Å². The van der Waals surface area contributed by atoms with Crippen LogP contribution in [0.2, 0.25) is 0 Å². The summed E-state index contributed by atoms with van der Waals surface area (Å²) < 4.78 is 0. The molecule has 0 rings (SSSR count). The SMILES string of the molecule is CC(C)CNC(=O)CCCCN. The fraction of sp³-hybridized carbons (Fsp3) is 0.889. The van der Waals surface area contributed by atoms with E-state index >= 15 is 0 Å². The van der Waals surface area contributed by atoms with Crippen LogP contribution in [0.1, 0.15) is 33.1 Å². The Kier molecular flexibility index (Phi) is 6.76. The lowest BCUT2D eigenvalue weighted by Crippen LogP contribution is -2.27. The molecule has 0 fully saturated rings. The van der Waals surface area contributed by atoms with Crippen molar-refractivity contribution in [3.05, 3.63) is 0 Å². The van der Waals surface area contributed by atoms with Crippen molar-refractivity contribution in [2.24, 2.45) is 11.7 Å². The molecule has 0 atom stereocenters. The third-order valence-electron chi connectivity index (χ3n) is 1.57. The van der Waals surface area contributed by atoms with Gasteiger partial charge in [-0.2, -0.15) is 0 Å². The van der Waals surface area contributed by atoms with Gasteiger partial charge in [-0.3, -0.25) is 4.79 Å². The molecule has 0 unspecified atom stereocenters. The van der Waals surface area contributed by atoms with Crippen LogP contribution in [-0.4, -0.2) is 19.0 Å². The number of unbranched alkanes of at least 4 members (excludes halogenated alkanes) is 1. The molecule has 0 aliphatic carbocycles. The number of carbonyl (C=O) groups excluding carboxylic acids is 1. The summed E-state index contributed by atoms with van der Waals surface area (Å²) >= 11 is 0. The van der Waals surface area contributed by atoms with Crippen molar-refractivity contribution < 1.29 is 4.79 Å². The van der Waals surface area contributed by atoms with Crippen molar-refractivity contribution in [1.29, 1.82) is 0 Å². The zero-order valence-corrected chi connectivity index (χ0v) is 8.10. The maximum absolute atomic E-state index is 11.1. The number of hydrogen-bond donors (Lipinski definition) is 2. The van der Waals surface area contributed by atoms with Gasteiger partial charge in [-0.25, -0.2) is 0 Å². The Balaban J connectivity index is 3.22. The molecule has 0 saturated heterocycles. The van der Waals surface area contributed by atoms with Crippen LogP contribution in [0.25, 0.3) is 0 Å². The fourth-order valence-electron chi connectivity index (χ4n) is 0.836. The van der Waals surface area contributed by atoms with E-state index in [9.17, 15) is 4.79 Å². The predicted molar refractivity (Wildman–Crippen MR) is 50.8 cm³/mol. The fourth-order valence-corrected chi connectivity index (χ4v) is 0.836. The molecular weight excluding hydrogens is 152 g/mol. The molecule has 3 N–H and O–H groups in total. The van der Waals surface area contributed by atoms with Crippen LogP contribution in [0.15, 0.2) is 0 Å². The van der Waals surface area contributed by atoms with E-state index in [4.69, 9.17) is 5.73 Å². The molecule has 0 aromatic rings. The lowest BCUT2D eigenvalue weighted by molar-refractivity contribution is -0.121. The van der Waals surface area contributed by atoms with Gasteiger partial charge in [0.25, 0.3) is 0 Å². The highest BCUT2D eigenvalue weighted by molar-refractivity contribution is 5.75. The Morgan fingerprint density at radius 2 is 2.08 bits per heavy atom. The smallest absolute Gasteiger partial charge is 0.220 e. The van der Waals surface area contributed by atoms with Gasteiger partial charge in [-0.15, -0.1) is 0 Å². The summed E-state index contributed by atoms with van der Waals surface area (Å²) in [6, 6.07) is 0. The van der Waals surface area contributed by atoms with Gasteiger partial charge in [0.1, 0.15) is 0 Å². The van der Waals surface area contributed by atoms with Crippen molar-refractivity contribution in [2.45, 2.75) is 33.1 Å². The van der Waals surface area contributed by atoms with Crippen LogP contribution in [0.4, 0.5) is 0 Å².